The summed E-state index contributed by atoms with van der Waals surface area (Å²) in [6.45, 7) is 8.03. The summed E-state index contributed by atoms with van der Waals surface area (Å²) in [7, 11) is 0. The molecule has 0 spiro atoms. The van der Waals surface area contributed by atoms with Crippen LogP contribution in [0, 0.1) is 5.92 Å². The van der Waals surface area contributed by atoms with E-state index in [1.165, 1.54) is 6.08 Å². The minimum atomic E-state index is -0.709. The lowest BCUT2D eigenvalue weighted by Crippen LogP contribution is -2.54. The predicted molar refractivity (Wildman–Crippen MR) is 77.9 cm³/mol. The Bertz CT molecular complexity index is 626. The minimum absolute atomic E-state index is 0.116. The van der Waals surface area contributed by atoms with Gasteiger partial charge in [0.2, 0.25) is 11.8 Å². The van der Waals surface area contributed by atoms with Crippen LogP contribution >= 0.6 is 0 Å². The van der Waals surface area contributed by atoms with Gasteiger partial charge in [0.05, 0.1) is 5.56 Å². The summed E-state index contributed by atoms with van der Waals surface area (Å²) in [4.78, 5) is 16.3. The first kappa shape index (κ1) is 14.6. The highest BCUT2D eigenvalue weighted by molar-refractivity contribution is 5.71. The van der Waals surface area contributed by atoms with Crippen molar-refractivity contribution in [2.45, 2.75) is 31.9 Å². The van der Waals surface area contributed by atoms with Gasteiger partial charge in [-0.25, -0.2) is 4.79 Å². The van der Waals surface area contributed by atoms with Crippen molar-refractivity contribution >= 4 is 6.09 Å². The van der Waals surface area contributed by atoms with Gasteiger partial charge in [0.15, 0.2) is 5.75 Å². The summed E-state index contributed by atoms with van der Waals surface area (Å²) in [6.07, 6.45) is 1.72. The van der Waals surface area contributed by atoms with E-state index < -0.39 is 17.7 Å². The molecule has 0 radical (unpaired) electrons. The summed E-state index contributed by atoms with van der Waals surface area (Å²) >= 11 is 0. The zero-order chi connectivity index (χ0) is 16.1. The first-order valence-corrected chi connectivity index (χ1v) is 7.24. The molecule has 7 nitrogen and oxygen atoms in total. The van der Waals surface area contributed by atoms with Crippen molar-refractivity contribution in [3.05, 3.63) is 18.2 Å². The summed E-state index contributed by atoms with van der Waals surface area (Å²) in [5.41, 5.74) is -0.304. The monoisotopic (exact) mass is 308 g/mol. The molecule has 3 N–H and O–H groups in total. The number of nitrogens with one attached hydrogen (secondary N) is 1. The average Bonchev–Trinajstić information content (AvgIpc) is 2.89. The number of carbonyl (C=O) groups is 1. The van der Waals surface area contributed by atoms with Gasteiger partial charge in [-0.1, -0.05) is 19.6 Å². The van der Waals surface area contributed by atoms with E-state index in [2.05, 4.69) is 11.6 Å². The molecule has 0 aliphatic carbocycles. The Balaban J connectivity index is 2.01. The fraction of sp³-hybridized carbons (Fsp3) is 0.533. The second-order valence-corrected chi connectivity index (χ2v) is 6.21. The van der Waals surface area contributed by atoms with Gasteiger partial charge in [0, 0.05) is 6.54 Å². The van der Waals surface area contributed by atoms with E-state index in [-0.39, 0.29) is 30.0 Å². The zero-order valence-electron chi connectivity index (χ0n) is 12.6. The average molecular weight is 308 g/mol. The normalized spacial score (nSPS) is 29.5. The number of aromatic amines is 1. The number of aromatic hydroxyl groups is 2. The van der Waals surface area contributed by atoms with Crippen LogP contribution in [0.3, 0.4) is 0 Å². The fourth-order valence-corrected chi connectivity index (χ4v) is 3.65. The number of rotatable bonds is 2. The van der Waals surface area contributed by atoms with E-state index in [0.717, 1.165) is 0 Å². The number of fused-ring (bicyclic) bond motifs is 3. The van der Waals surface area contributed by atoms with Crippen LogP contribution in [-0.4, -0.2) is 44.9 Å². The summed E-state index contributed by atoms with van der Waals surface area (Å²) in [5, 5.41) is 19.9. The largest absolute Gasteiger partial charge is 0.494 e. The molecule has 1 fully saturated rings. The van der Waals surface area contributed by atoms with Gasteiger partial charge in [-0.2, -0.15) is 0 Å². The highest BCUT2D eigenvalue weighted by Gasteiger charge is 2.56. The Morgan fingerprint density at radius 2 is 2.32 bits per heavy atom. The van der Waals surface area contributed by atoms with Crippen LogP contribution in [-0.2, 0) is 4.74 Å². The molecule has 0 saturated carbocycles. The van der Waals surface area contributed by atoms with Crippen LogP contribution in [0.1, 0.15) is 31.9 Å². The number of ether oxygens (including phenoxy) is 2. The molecule has 1 aromatic heterocycles. The molecule has 120 valence electrons. The van der Waals surface area contributed by atoms with Crippen LogP contribution in [0.2, 0.25) is 0 Å². The number of carbonyl (C=O) groups excluding carboxylic acids is 1. The maximum Gasteiger partial charge on any atom is 0.410 e. The number of hydrogen-bond acceptors (Lipinski definition) is 5. The van der Waals surface area contributed by atoms with Crippen LogP contribution < -0.4 is 4.74 Å². The molecule has 1 saturated heterocycles. The Kier molecular flexibility index (Phi) is 3.23. The Morgan fingerprint density at radius 3 is 3.00 bits per heavy atom. The number of amides is 1. The highest BCUT2D eigenvalue weighted by Crippen LogP contribution is 2.58. The Hall–Kier alpha value is -2.31. The Morgan fingerprint density at radius 1 is 1.59 bits per heavy atom. The molecular formula is C15H20N2O5. The van der Waals surface area contributed by atoms with Gasteiger partial charge in [0.1, 0.15) is 18.2 Å². The smallest absolute Gasteiger partial charge is 0.410 e. The number of piperidine rings is 1. The van der Waals surface area contributed by atoms with Crippen LogP contribution in [0.4, 0.5) is 4.79 Å². The quantitative estimate of drug-likeness (QED) is 0.729. The second kappa shape index (κ2) is 4.86. The second-order valence-electron chi connectivity index (χ2n) is 6.21. The number of hydrogen-bond donors (Lipinski definition) is 3. The van der Waals surface area contributed by atoms with E-state index in [0.29, 0.717) is 18.5 Å². The van der Waals surface area contributed by atoms with Gasteiger partial charge in [0.25, 0.3) is 0 Å². The van der Waals surface area contributed by atoms with Crippen molar-refractivity contribution < 1.29 is 24.5 Å². The molecule has 3 atom stereocenters. The van der Waals surface area contributed by atoms with Crippen LogP contribution in [0.25, 0.3) is 0 Å². The number of H-pyrrole nitrogens is 1. The minimum Gasteiger partial charge on any atom is -0.494 e. The number of aromatic nitrogens is 1. The molecule has 1 amide bonds. The molecule has 1 aromatic rings. The SMILES string of the molecule is C=CCOC(=O)N1C[C@H](C)C[C@]2(C)Oc3c(O)[nH]c(O)c3[C@H]12. The lowest BCUT2D eigenvalue weighted by Gasteiger charge is -2.45. The van der Waals surface area contributed by atoms with E-state index in [1.807, 2.05) is 13.8 Å². The van der Waals surface area contributed by atoms with Gasteiger partial charge in [-0.3, -0.25) is 9.88 Å². The van der Waals surface area contributed by atoms with Crippen LogP contribution in [0.5, 0.6) is 17.5 Å². The fourth-order valence-electron chi connectivity index (χ4n) is 3.65. The zero-order valence-corrected chi connectivity index (χ0v) is 12.6. The topological polar surface area (TPSA) is 95.0 Å². The predicted octanol–water partition coefficient (Wildman–Crippen LogP) is 2.28. The Labute approximate surface area is 128 Å². The van der Waals surface area contributed by atoms with Crippen molar-refractivity contribution in [3.63, 3.8) is 0 Å². The van der Waals surface area contributed by atoms with Gasteiger partial charge >= 0.3 is 6.09 Å². The molecule has 2 aliphatic heterocycles. The molecule has 0 aromatic carbocycles. The van der Waals surface area contributed by atoms with Crippen molar-refractivity contribution in [2.24, 2.45) is 5.92 Å². The van der Waals surface area contributed by atoms with Crippen molar-refractivity contribution in [1.82, 2.24) is 9.88 Å². The maximum atomic E-state index is 12.4. The number of likely N-dealkylation sites (tertiary alicyclic amines) is 1. The van der Waals surface area contributed by atoms with E-state index >= 15 is 0 Å². The summed E-state index contributed by atoms with van der Waals surface area (Å²) < 4.78 is 11.0. The van der Waals surface area contributed by atoms with Crippen molar-refractivity contribution in [3.8, 4) is 17.5 Å². The molecule has 3 heterocycles. The molecule has 7 heteroatoms. The molecule has 2 aliphatic rings. The van der Waals surface area contributed by atoms with Gasteiger partial charge in [-0.05, 0) is 19.3 Å². The van der Waals surface area contributed by atoms with E-state index in [1.54, 1.807) is 4.90 Å². The summed E-state index contributed by atoms with van der Waals surface area (Å²) in [5.74, 6) is 0.00269. The first-order chi connectivity index (χ1) is 10.4. The van der Waals surface area contributed by atoms with Crippen molar-refractivity contribution in [2.75, 3.05) is 13.2 Å². The summed E-state index contributed by atoms with van der Waals surface area (Å²) in [6, 6.07) is -0.506. The highest BCUT2D eigenvalue weighted by atomic mass is 16.6. The maximum absolute atomic E-state index is 12.4. The first-order valence-electron chi connectivity index (χ1n) is 7.24. The molecule has 0 unspecified atom stereocenters. The third-order valence-electron chi connectivity index (χ3n) is 4.27. The lowest BCUT2D eigenvalue weighted by molar-refractivity contribution is -0.0426. The standard InChI is InChI=1S/C15H20N2O5/c1-4-5-21-14(20)17-7-8(2)6-15(3)11(17)9-10(22-15)13(19)16-12(9)18/h4,8,11,16,18-19H,1,5-7H2,2-3H3/t8-,11+,15+/m1/s1. The molecule has 3 rings (SSSR count). The van der Waals surface area contributed by atoms with Crippen molar-refractivity contribution in [1.29, 1.82) is 0 Å². The number of nitrogens with zero attached hydrogens (tertiary/aromatic N) is 1. The third-order valence-corrected chi connectivity index (χ3v) is 4.27. The van der Waals surface area contributed by atoms with E-state index in [9.17, 15) is 15.0 Å². The third kappa shape index (κ3) is 2.00. The van der Waals surface area contributed by atoms with Gasteiger partial charge in [-0.15, -0.1) is 0 Å². The van der Waals surface area contributed by atoms with Crippen LogP contribution in [0.15, 0.2) is 12.7 Å². The lowest BCUT2D eigenvalue weighted by atomic mass is 9.80. The molecule has 22 heavy (non-hydrogen) atoms. The molecule has 0 bridgehead atoms. The van der Waals surface area contributed by atoms with E-state index in [4.69, 9.17) is 9.47 Å². The molecular weight excluding hydrogens is 288 g/mol. The van der Waals surface area contributed by atoms with Gasteiger partial charge < -0.3 is 19.7 Å².